The van der Waals surface area contributed by atoms with Crippen molar-refractivity contribution >= 4 is 46.0 Å². The van der Waals surface area contributed by atoms with E-state index in [1.54, 1.807) is 0 Å². The molecular formula is C21H23Cl2N3. The van der Waals surface area contributed by atoms with Gasteiger partial charge in [0.2, 0.25) is 0 Å². The molecule has 1 aliphatic carbocycles. The quantitative estimate of drug-likeness (QED) is 0.405. The molecule has 0 spiro atoms. The molecule has 1 fully saturated rings. The molecule has 0 radical (unpaired) electrons. The SMILES string of the molecule is C=C(Nc1ccc(C)cc1N)c1cc(NC(=C)C2CC2(C)Cl)ccc1Cl. The highest BCUT2D eigenvalue weighted by Crippen LogP contribution is 2.52. The molecule has 26 heavy (non-hydrogen) atoms. The first kappa shape index (κ1) is 18.7. The molecule has 0 saturated heterocycles. The first-order chi connectivity index (χ1) is 12.2. The highest BCUT2D eigenvalue weighted by atomic mass is 35.5. The largest absolute Gasteiger partial charge is 0.397 e. The molecular weight excluding hydrogens is 365 g/mol. The second-order valence-electron chi connectivity index (χ2n) is 7.07. The summed E-state index contributed by atoms with van der Waals surface area (Å²) in [5.41, 5.74) is 11.9. The number of hydrogen-bond donors (Lipinski definition) is 3. The zero-order valence-electron chi connectivity index (χ0n) is 15.0. The minimum atomic E-state index is -0.187. The van der Waals surface area contributed by atoms with Crippen molar-refractivity contribution in [2.45, 2.75) is 25.1 Å². The molecule has 4 N–H and O–H groups in total. The third kappa shape index (κ3) is 4.00. The van der Waals surface area contributed by atoms with Crippen LogP contribution in [0.25, 0.3) is 5.70 Å². The second kappa shape index (κ2) is 6.90. The fourth-order valence-electron chi connectivity index (χ4n) is 2.96. The van der Waals surface area contributed by atoms with Gasteiger partial charge in [-0.3, -0.25) is 0 Å². The number of hydrogen-bond acceptors (Lipinski definition) is 3. The van der Waals surface area contributed by atoms with Crippen molar-refractivity contribution in [3.63, 3.8) is 0 Å². The van der Waals surface area contributed by atoms with Gasteiger partial charge in [0, 0.05) is 28.6 Å². The molecule has 3 rings (SSSR count). The molecule has 2 aromatic carbocycles. The molecule has 2 atom stereocenters. The summed E-state index contributed by atoms with van der Waals surface area (Å²) in [4.78, 5) is -0.187. The smallest absolute Gasteiger partial charge is 0.0618 e. The summed E-state index contributed by atoms with van der Waals surface area (Å²) < 4.78 is 0. The van der Waals surface area contributed by atoms with E-state index in [-0.39, 0.29) is 10.8 Å². The first-order valence-electron chi connectivity index (χ1n) is 8.44. The molecule has 5 heteroatoms. The molecule has 0 amide bonds. The van der Waals surface area contributed by atoms with Gasteiger partial charge in [-0.25, -0.2) is 0 Å². The number of aryl methyl sites for hydroxylation is 1. The number of alkyl halides is 1. The fraction of sp³-hybridized carbons (Fsp3) is 0.238. The lowest BCUT2D eigenvalue weighted by molar-refractivity contribution is 0.899. The maximum atomic E-state index is 6.38. The summed E-state index contributed by atoms with van der Waals surface area (Å²) in [7, 11) is 0. The molecule has 1 saturated carbocycles. The van der Waals surface area contributed by atoms with Crippen molar-refractivity contribution in [1.82, 2.24) is 0 Å². The number of rotatable bonds is 6. The van der Waals surface area contributed by atoms with Gasteiger partial charge in [0.1, 0.15) is 0 Å². The Hall–Kier alpha value is -2.10. The summed E-state index contributed by atoms with van der Waals surface area (Å²) in [5, 5.41) is 7.19. The van der Waals surface area contributed by atoms with Crippen molar-refractivity contribution < 1.29 is 0 Å². The van der Waals surface area contributed by atoms with E-state index in [4.69, 9.17) is 28.9 Å². The Balaban J connectivity index is 1.76. The number of allylic oxidation sites excluding steroid dienone is 1. The van der Waals surface area contributed by atoms with Gasteiger partial charge < -0.3 is 16.4 Å². The standard InChI is InChI=1S/C21H23Cl2N3/c1-12-5-8-20(19(24)9-12)26-13(2)16-10-15(6-7-18(16)22)25-14(3)17-11-21(17,4)23/h5-10,17,25-26H,2-3,11,24H2,1,4H3. The van der Waals surface area contributed by atoms with Gasteiger partial charge in [0.25, 0.3) is 0 Å². The summed E-state index contributed by atoms with van der Waals surface area (Å²) in [6.45, 7) is 12.2. The Labute approximate surface area is 164 Å². The molecule has 1 aliphatic rings. The van der Waals surface area contributed by atoms with Gasteiger partial charge in [-0.2, -0.15) is 0 Å². The minimum absolute atomic E-state index is 0.187. The zero-order valence-corrected chi connectivity index (χ0v) is 16.5. The third-order valence-corrected chi connectivity index (χ3v) is 5.43. The molecule has 2 aromatic rings. The summed E-state index contributed by atoms with van der Waals surface area (Å²) >= 11 is 12.7. The average Bonchev–Trinajstić information content (AvgIpc) is 3.20. The third-order valence-electron chi connectivity index (χ3n) is 4.68. The lowest BCUT2D eigenvalue weighted by atomic mass is 10.1. The molecule has 0 aliphatic heterocycles. The van der Waals surface area contributed by atoms with Crippen LogP contribution in [0.4, 0.5) is 17.1 Å². The van der Waals surface area contributed by atoms with Crippen molar-refractivity contribution in [1.29, 1.82) is 0 Å². The Morgan fingerprint density at radius 3 is 2.50 bits per heavy atom. The predicted molar refractivity (Wildman–Crippen MR) is 115 cm³/mol. The lowest BCUT2D eigenvalue weighted by Crippen LogP contribution is -2.06. The van der Waals surface area contributed by atoms with Crippen LogP contribution in [-0.4, -0.2) is 4.87 Å². The number of nitrogens with one attached hydrogen (secondary N) is 2. The van der Waals surface area contributed by atoms with E-state index in [1.807, 2.05) is 50.2 Å². The Bertz CT molecular complexity index is 887. The molecule has 3 nitrogen and oxygen atoms in total. The molecule has 2 unspecified atom stereocenters. The summed E-state index contributed by atoms with van der Waals surface area (Å²) in [5.74, 6) is 0.275. The Morgan fingerprint density at radius 2 is 1.88 bits per heavy atom. The van der Waals surface area contributed by atoms with Crippen LogP contribution in [0.3, 0.4) is 0 Å². The van der Waals surface area contributed by atoms with Crippen molar-refractivity contribution in [3.8, 4) is 0 Å². The van der Waals surface area contributed by atoms with E-state index in [1.165, 1.54) is 0 Å². The van der Waals surface area contributed by atoms with Crippen LogP contribution in [0.2, 0.25) is 5.02 Å². The van der Waals surface area contributed by atoms with Gasteiger partial charge in [-0.1, -0.05) is 30.8 Å². The van der Waals surface area contributed by atoms with E-state index in [0.717, 1.165) is 34.6 Å². The van der Waals surface area contributed by atoms with E-state index < -0.39 is 0 Å². The van der Waals surface area contributed by atoms with Crippen LogP contribution < -0.4 is 16.4 Å². The number of halogens is 2. The number of nitrogens with two attached hydrogens (primary N) is 1. The van der Waals surface area contributed by atoms with E-state index in [2.05, 4.69) is 23.8 Å². The van der Waals surface area contributed by atoms with Crippen LogP contribution in [0.15, 0.2) is 55.3 Å². The minimum Gasteiger partial charge on any atom is -0.397 e. The monoisotopic (exact) mass is 387 g/mol. The maximum Gasteiger partial charge on any atom is 0.0618 e. The maximum absolute atomic E-state index is 6.38. The molecule has 0 aromatic heterocycles. The Kier molecular flexibility index (Phi) is 4.96. The topological polar surface area (TPSA) is 50.1 Å². The van der Waals surface area contributed by atoms with E-state index >= 15 is 0 Å². The molecule has 0 heterocycles. The van der Waals surface area contributed by atoms with Crippen LogP contribution in [-0.2, 0) is 0 Å². The van der Waals surface area contributed by atoms with Gasteiger partial charge in [0.15, 0.2) is 0 Å². The lowest BCUT2D eigenvalue weighted by Gasteiger charge is -2.16. The number of benzene rings is 2. The van der Waals surface area contributed by atoms with Crippen LogP contribution in [0.1, 0.15) is 24.5 Å². The average molecular weight is 388 g/mol. The normalized spacial score (nSPS) is 21.2. The highest BCUT2D eigenvalue weighted by molar-refractivity contribution is 6.32. The zero-order chi connectivity index (χ0) is 19.1. The van der Waals surface area contributed by atoms with Crippen LogP contribution in [0, 0.1) is 12.8 Å². The van der Waals surface area contributed by atoms with Gasteiger partial charge in [-0.05, 0) is 56.2 Å². The number of nitrogen functional groups attached to an aromatic ring is 1. The highest BCUT2D eigenvalue weighted by Gasteiger charge is 2.50. The van der Waals surface area contributed by atoms with Crippen LogP contribution in [0.5, 0.6) is 0 Å². The predicted octanol–water partition coefficient (Wildman–Crippen LogP) is 6.26. The molecule has 136 valence electrons. The van der Waals surface area contributed by atoms with Gasteiger partial charge in [-0.15, -0.1) is 11.6 Å². The van der Waals surface area contributed by atoms with Gasteiger partial charge in [0.05, 0.1) is 21.3 Å². The van der Waals surface area contributed by atoms with Crippen LogP contribution >= 0.6 is 23.2 Å². The number of anilines is 3. The molecule has 0 bridgehead atoms. The van der Waals surface area contributed by atoms with Crippen molar-refractivity contribution in [3.05, 3.63) is 71.4 Å². The van der Waals surface area contributed by atoms with E-state index in [0.29, 0.717) is 16.4 Å². The van der Waals surface area contributed by atoms with Crippen molar-refractivity contribution in [2.24, 2.45) is 5.92 Å². The fourth-order valence-corrected chi connectivity index (χ4v) is 3.48. The van der Waals surface area contributed by atoms with Gasteiger partial charge >= 0.3 is 0 Å². The van der Waals surface area contributed by atoms with Crippen molar-refractivity contribution in [2.75, 3.05) is 16.4 Å². The second-order valence-corrected chi connectivity index (χ2v) is 8.34. The first-order valence-corrected chi connectivity index (χ1v) is 9.19. The Morgan fingerprint density at radius 1 is 1.19 bits per heavy atom. The summed E-state index contributed by atoms with van der Waals surface area (Å²) in [6.07, 6.45) is 0.932. The summed E-state index contributed by atoms with van der Waals surface area (Å²) in [6, 6.07) is 11.5. The van der Waals surface area contributed by atoms with E-state index in [9.17, 15) is 0 Å².